The SMILES string of the molecule is C=C(c1cnn2c1NC(c1ccccc1)CC2(C)C)N1CCCC1(CCC)CCC. The molecule has 1 aromatic heterocycles. The fourth-order valence-electron chi connectivity index (χ4n) is 5.93. The number of nitrogens with one attached hydrogen (secondary N) is 1. The van der Waals surface area contributed by atoms with Crippen LogP contribution >= 0.6 is 0 Å². The molecular weight excluding hydrogens is 368 g/mol. The van der Waals surface area contributed by atoms with Crippen LogP contribution in [0.25, 0.3) is 5.70 Å². The van der Waals surface area contributed by atoms with E-state index in [-0.39, 0.29) is 17.1 Å². The van der Waals surface area contributed by atoms with E-state index in [4.69, 9.17) is 5.10 Å². The van der Waals surface area contributed by atoms with Gasteiger partial charge in [-0.3, -0.25) is 0 Å². The predicted molar refractivity (Wildman–Crippen MR) is 126 cm³/mol. The van der Waals surface area contributed by atoms with Gasteiger partial charge in [0.15, 0.2) is 0 Å². The maximum absolute atomic E-state index is 4.84. The highest BCUT2D eigenvalue weighted by Crippen LogP contribution is 2.46. The van der Waals surface area contributed by atoms with Crippen LogP contribution in [0.15, 0.2) is 43.1 Å². The summed E-state index contributed by atoms with van der Waals surface area (Å²) >= 11 is 0. The largest absolute Gasteiger partial charge is 0.366 e. The molecule has 1 unspecified atom stereocenters. The van der Waals surface area contributed by atoms with E-state index in [1.165, 1.54) is 49.7 Å². The first-order valence-electron chi connectivity index (χ1n) is 11.8. The van der Waals surface area contributed by atoms with Crippen molar-refractivity contribution in [2.75, 3.05) is 11.9 Å². The van der Waals surface area contributed by atoms with Gasteiger partial charge in [-0.15, -0.1) is 0 Å². The molecule has 2 aliphatic rings. The van der Waals surface area contributed by atoms with Crippen molar-refractivity contribution in [2.45, 2.75) is 89.8 Å². The molecule has 0 saturated carbocycles. The fourth-order valence-corrected chi connectivity index (χ4v) is 5.93. The van der Waals surface area contributed by atoms with Gasteiger partial charge >= 0.3 is 0 Å². The van der Waals surface area contributed by atoms with Crippen molar-refractivity contribution in [2.24, 2.45) is 0 Å². The number of benzene rings is 1. The lowest BCUT2D eigenvalue weighted by atomic mass is 9.85. The van der Waals surface area contributed by atoms with E-state index in [1.54, 1.807) is 0 Å². The van der Waals surface area contributed by atoms with Crippen molar-refractivity contribution in [1.82, 2.24) is 14.7 Å². The molecule has 4 heteroatoms. The molecule has 4 nitrogen and oxygen atoms in total. The monoisotopic (exact) mass is 406 g/mol. The number of likely N-dealkylation sites (tertiary alicyclic amines) is 1. The summed E-state index contributed by atoms with van der Waals surface area (Å²) in [6, 6.07) is 11.1. The van der Waals surface area contributed by atoms with Crippen molar-refractivity contribution >= 4 is 11.5 Å². The molecular formula is C26H38N4. The Morgan fingerprint density at radius 2 is 1.87 bits per heavy atom. The first kappa shape index (κ1) is 21.0. The highest BCUT2D eigenvalue weighted by atomic mass is 15.4. The van der Waals surface area contributed by atoms with Crippen LogP contribution in [0.2, 0.25) is 0 Å². The lowest BCUT2D eigenvalue weighted by Crippen LogP contribution is -2.42. The first-order chi connectivity index (χ1) is 14.4. The summed E-state index contributed by atoms with van der Waals surface area (Å²) in [4.78, 5) is 2.62. The Morgan fingerprint density at radius 1 is 1.17 bits per heavy atom. The molecule has 1 atom stereocenters. The molecule has 4 rings (SSSR count). The Labute approximate surface area is 182 Å². The number of aromatic nitrogens is 2. The molecule has 0 radical (unpaired) electrons. The summed E-state index contributed by atoms with van der Waals surface area (Å²) in [6.45, 7) is 14.9. The lowest BCUT2D eigenvalue weighted by Gasteiger charge is -2.42. The summed E-state index contributed by atoms with van der Waals surface area (Å²) in [6.07, 6.45) is 10.5. The number of anilines is 1. The van der Waals surface area contributed by atoms with Crippen LogP contribution in [-0.2, 0) is 5.54 Å². The van der Waals surface area contributed by atoms with Crippen LogP contribution in [0.4, 0.5) is 5.82 Å². The van der Waals surface area contributed by atoms with E-state index in [1.807, 2.05) is 6.20 Å². The van der Waals surface area contributed by atoms with Gasteiger partial charge in [-0.05, 0) is 51.5 Å². The Morgan fingerprint density at radius 3 is 2.53 bits per heavy atom. The maximum Gasteiger partial charge on any atom is 0.134 e. The normalized spacial score (nSPS) is 21.9. The summed E-state index contributed by atoms with van der Waals surface area (Å²) < 4.78 is 2.18. The minimum absolute atomic E-state index is 0.0471. The number of nitrogens with zero attached hydrogens (tertiary/aromatic N) is 3. The van der Waals surface area contributed by atoms with Crippen molar-refractivity contribution in [1.29, 1.82) is 0 Å². The van der Waals surface area contributed by atoms with Crippen molar-refractivity contribution in [3.8, 4) is 0 Å². The molecule has 1 aromatic carbocycles. The summed E-state index contributed by atoms with van der Waals surface area (Å²) in [5.41, 5.74) is 3.87. The zero-order chi connectivity index (χ0) is 21.4. The highest BCUT2D eigenvalue weighted by Gasteiger charge is 2.42. The molecule has 0 aliphatic carbocycles. The third kappa shape index (κ3) is 3.55. The fraction of sp³-hybridized carbons (Fsp3) is 0.577. The second-order valence-corrected chi connectivity index (χ2v) is 9.87. The van der Waals surface area contributed by atoms with Gasteiger partial charge in [-0.1, -0.05) is 63.6 Å². The third-order valence-electron chi connectivity index (χ3n) is 7.22. The zero-order valence-electron chi connectivity index (χ0n) is 19.2. The molecule has 1 N–H and O–H groups in total. The molecule has 0 amide bonds. The molecule has 162 valence electrons. The number of rotatable bonds is 7. The molecule has 30 heavy (non-hydrogen) atoms. The van der Waals surface area contributed by atoms with Crippen molar-refractivity contribution < 1.29 is 0 Å². The Balaban J connectivity index is 1.69. The standard InChI is InChI=1S/C26H38N4/c1-6-14-26(15-7-2)16-11-17-29(26)20(3)22-19-27-30-24(22)28-23(18-25(30,4)5)21-12-9-8-10-13-21/h8-10,12-13,19,23,28H,3,6-7,11,14-18H2,1-2,4-5H3. The van der Waals surface area contributed by atoms with E-state index < -0.39 is 0 Å². The average Bonchev–Trinajstić information content (AvgIpc) is 3.33. The molecule has 2 aliphatic heterocycles. The van der Waals surface area contributed by atoms with Crippen LogP contribution in [0.3, 0.4) is 0 Å². The lowest BCUT2D eigenvalue weighted by molar-refractivity contribution is 0.181. The second kappa shape index (κ2) is 8.13. The summed E-state index contributed by atoms with van der Waals surface area (Å²) in [7, 11) is 0. The Kier molecular flexibility index (Phi) is 5.69. The zero-order valence-corrected chi connectivity index (χ0v) is 19.2. The van der Waals surface area contributed by atoms with E-state index in [9.17, 15) is 0 Å². The van der Waals surface area contributed by atoms with Gasteiger partial charge in [-0.25, -0.2) is 4.68 Å². The van der Waals surface area contributed by atoms with Gasteiger partial charge < -0.3 is 10.2 Å². The second-order valence-electron chi connectivity index (χ2n) is 9.87. The minimum Gasteiger partial charge on any atom is -0.366 e. The van der Waals surface area contributed by atoms with E-state index >= 15 is 0 Å². The Hall–Kier alpha value is -2.23. The van der Waals surface area contributed by atoms with Crippen molar-refractivity contribution in [3.05, 3.63) is 54.2 Å². The smallest absolute Gasteiger partial charge is 0.134 e. The molecule has 0 spiro atoms. The van der Waals surface area contributed by atoms with Crippen molar-refractivity contribution in [3.63, 3.8) is 0 Å². The van der Waals surface area contributed by atoms with Gasteiger partial charge in [-0.2, -0.15) is 5.10 Å². The third-order valence-corrected chi connectivity index (χ3v) is 7.22. The van der Waals surface area contributed by atoms with Gasteiger partial charge in [0.2, 0.25) is 0 Å². The number of hydrogen-bond acceptors (Lipinski definition) is 3. The summed E-state index contributed by atoms with van der Waals surface area (Å²) in [5.74, 6) is 1.12. The van der Waals surface area contributed by atoms with E-state index in [2.05, 4.69) is 79.5 Å². The van der Waals surface area contributed by atoms with Crippen LogP contribution < -0.4 is 5.32 Å². The van der Waals surface area contributed by atoms with Gasteiger partial charge in [0.05, 0.1) is 23.3 Å². The topological polar surface area (TPSA) is 33.1 Å². The van der Waals surface area contributed by atoms with Crippen LogP contribution in [-0.4, -0.2) is 26.8 Å². The van der Waals surface area contributed by atoms with Crippen LogP contribution in [0.1, 0.15) is 89.8 Å². The maximum atomic E-state index is 4.84. The summed E-state index contributed by atoms with van der Waals surface area (Å²) in [5, 5.41) is 8.66. The van der Waals surface area contributed by atoms with Gasteiger partial charge in [0.1, 0.15) is 5.82 Å². The van der Waals surface area contributed by atoms with E-state index in [0.29, 0.717) is 0 Å². The first-order valence-corrected chi connectivity index (χ1v) is 11.8. The molecule has 3 heterocycles. The Bertz CT molecular complexity index is 874. The van der Waals surface area contributed by atoms with Gasteiger partial charge in [0, 0.05) is 17.8 Å². The van der Waals surface area contributed by atoms with Crippen LogP contribution in [0, 0.1) is 0 Å². The average molecular weight is 407 g/mol. The molecule has 0 bridgehead atoms. The minimum atomic E-state index is -0.0471. The number of fused-ring (bicyclic) bond motifs is 1. The quantitative estimate of drug-likeness (QED) is 0.564. The predicted octanol–water partition coefficient (Wildman–Crippen LogP) is 6.58. The molecule has 2 aromatic rings. The van der Waals surface area contributed by atoms with Crippen LogP contribution in [0.5, 0.6) is 0 Å². The van der Waals surface area contributed by atoms with Gasteiger partial charge in [0.25, 0.3) is 0 Å². The molecule has 1 saturated heterocycles. The van der Waals surface area contributed by atoms with E-state index in [0.717, 1.165) is 24.5 Å². The highest BCUT2D eigenvalue weighted by molar-refractivity contribution is 5.73. The molecule has 1 fully saturated rings. The number of hydrogen-bond donors (Lipinski definition) is 1.